The summed E-state index contributed by atoms with van der Waals surface area (Å²) >= 11 is 2.38. The highest BCUT2D eigenvalue weighted by atomic mass is 32.2. The molecule has 0 spiro atoms. The fourth-order valence-electron chi connectivity index (χ4n) is 2.77. The van der Waals surface area contributed by atoms with Crippen molar-refractivity contribution in [3.8, 4) is 0 Å². The molecule has 156 valence electrons. The molecule has 1 aliphatic heterocycles. The van der Waals surface area contributed by atoms with Crippen LogP contribution in [0.4, 0.5) is 15.6 Å². The number of benzene rings is 1. The Morgan fingerprint density at radius 2 is 2.10 bits per heavy atom. The average Bonchev–Trinajstić information content (AvgIpc) is 3.32. The summed E-state index contributed by atoms with van der Waals surface area (Å²) in [6.45, 7) is 3.97. The first-order valence-corrected chi connectivity index (χ1v) is 12.3. The Bertz CT molecular complexity index is 1020. The Morgan fingerprint density at radius 1 is 1.31 bits per heavy atom. The molecule has 0 saturated carbocycles. The molecule has 3 rings (SSSR count). The van der Waals surface area contributed by atoms with Crippen molar-refractivity contribution in [2.75, 3.05) is 34.3 Å². The van der Waals surface area contributed by atoms with Gasteiger partial charge in [0.05, 0.1) is 23.8 Å². The van der Waals surface area contributed by atoms with Crippen LogP contribution in [0.15, 0.2) is 22.5 Å². The van der Waals surface area contributed by atoms with Crippen LogP contribution in [-0.2, 0) is 21.2 Å². The van der Waals surface area contributed by atoms with Crippen molar-refractivity contribution in [2.45, 2.75) is 24.6 Å². The van der Waals surface area contributed by atoms with Gasteiger partial charge in [0.2, 0.25) is 15.2 Å². The van der Waals surface area contributed by atoms with Crippen LogP contribution >= 0.6 is 23.1 Å². The van der Waals surface area contributed by atoms with Gasteiger partial charge in [-0.1, -0.05) is 23.1 Å². The summed E-state index contributed by atoms with van der Waals surface area (Å²) in [6, 6.07) is 5.11. The first kappa shape index (κ1) is 21.5. The summed E-state index contributed by atoms with van der Waals surface area (Å²) in [4.78, 5) is 23.9. The summed E-state index contributed by atoms with van der Waals surface area (Å²) in [7, 11) is -3.31. The van der Waals surface area contributed by atoms with Gasteiger partial charge in [0.15, 0.2) is 10.1 Å². The molecule has 9 nitrogen and oxygen atoms in total. The number of fused-ring (bicyclic) bond motifs is 1. The lowest BCUT2D eigenvalue weighted by atomic mass is 10.1. The predicted molar refractivity (Wildman–Crippen MR) is 113 cm³/mol. The normalized spacial score (nSPS) is 13.2. The lowest BCUT2D eigenvalue weighted by Gasteiger charge is -2.18. The molecule has 0 saturated heterocycles. The molecule has 0 atom stereocenters. The van der Waals surface area contributed by atoms with E-state index in [2.05, 4.69) is 15.5 Å². The van der Waals surface area contributed by atoms with Crippen LogP contribution in [0.2, 0.25) is 0 Å². The fourth-order valence-corrected chi connectivity index (χ4v) is 5.56. The third kappa shape index (κ3) is 5.06. The monoisotopic (exact) mass is 456 g/mol. The Kier molecular flexibility index (Phi) is 6.75. The van der Waals surface area contributed by atoms with Crippen molar-refractivity contribution in [1.82, 2.24) is 10.2 Å². The molecule has 1 aromatic carbocycles. The van der Waals surface area contributed by atoms with E-state index in [0.717, 1.165) is 16.9 Å². The third-order valence-electron chi connectivity index (χ3n) is 4.17. The Labute approximate surface area is 176 Å². The van der Waals surface area contributed by atoms with E-state index in [1.54, 1.807) is 32.0 Å². The SMILES string of the molecule is CCOC(=O)Nc1nnc(SCC(=O)c2ccc3c(c2)CCN3S(=O)(=O)CC)s1. The van der Waals surface area contributed by atoms with Gasteiger partial charge in [-0.05, 0) is 44.0 Å². The fraction of sp³-hybridized carbons (Fsp3) is 0.412. The summed E-state index contributed by atoms with van der Waals surface area (Å²) in [5.41, 5.74) is 2.03. The van der Waals surface area contributed by atoms with Gasteiger partial charge in [-0.25, -0.2) is 13.2 Å². The number of ether oxygens (including phenoxy) is 1. The van der Waals surface area contributed by atoms with Crippen LogP contribution in [0, 0.1) is 0 Å². The topological polar surface area (TPSA) is 119 Å². The summed E-state index contributed by atoms with van der Waals surface area (Å²) in [5, 5.41) is 10.5. The third-order valence-corrected chi connectivity index (χ3v) is 7.93. The molecule has 1 N–H and O–H groups in total. The van der Waals surface area contributed by atoms with Crippen LogP contribution in [0.5, 0.6) is 0 Å². The van der Waals surface area contributed by atoms with Gasteiger partial charge in [0.1, 0.15) is 0 Å². The number of sulfonamides is 1. The number of anilines is 2. The maximum atomic E-state index is 12.5. The number of nitrogens with one attached hydrogen (secondary N) is 1. The highest BCUT2D eigenvalue weighted by Crippen LogP contribution is 2.32. The van der Waals surface area contributed by atoms with Crippen molar-refractivity contribution in [3.05, 3.63) is 29.3 Å². The van der Waals surface area contributed by atoms with E-state index >= 15 is 0 Å². The Balaban J connectivity index is 1.61. The van der Waals surface area contributed by atoms with Gasteiger partial charge in [0, 0.05) is 12.1 Å². The molecule has 1 aromatic heterocycles. The predicted octanol–water partition coefficient (Wildman–Crippen LogP) is 2.79. The summed E-state index contributed by atoms with van der Waals surface area (Å²) in [6.07, 6.45) is -0.0178. The molecule has 0 radical (unpaired) electrons. The number of ketones is 1. The van der Waals surface area contributed by atoms with E-state index in [4.69, 9.17) is 4.74 Å². The molecule has 0 unspecified atom stereocenters. The maximum absolute atomic E-state index is 12.5. The zero-order chi connectivity index (χ0) is 21.0. The molecule has 1 amide bonds. The molecule has 0 aliphatic carbocycles. The smallest absolute Gasteiger partial charge is 0.413 e. The van der Waals surface area contributed by atoms with Crippen LogP contribution in [0.25, 0.3) is 0 Å². The molecule has 1 aliphatic rings. The molecule has 12 heteroatoms. The number of carbonyl (C=O) groups is 2. The second kappa shape index (κ2) is 9.09. The minimum Gasteiger partial charge on any atom is -0.450 e. The van der Waals surface area contributed by atoms with E-state index in [0.29, 0.717) is 33.7 Å². The van der Waals surface area contributed by atoms with Gasteiger partial charge >= 0.3 is 6.09 Å². The van der Waals surface area contributed by atoms with Crippen LogP contribution in [-0.4, -0.2) is 55.1 Å². The number of carbonyl (C=O) groups excluding carboxylic acids is 2. The van der Waals surface area contributed by atoms with Crippen molar-refractivity contribution < 1.29 is 22.7 Å². The van der Waals surface area contributed by atoms with E-state index in [9.17, 15) is 18.0 Å². The minimum absolute atomic E-state index is 0.0403. The van der Waals surface area contributed by atoms with Crippen LogP contribution in [0.1, 0.15) is 29.8 Å². The van der Waals surface area contributed by atoms with Crippen LogP contribution < -0.4 is 9.62 Å². The minimum atomic E-state index is -3.31. The maximum Gasteiger partial charge on any atom is 0.413 e. The molecular weight excluding hydrogens is 436 g/mol. The molecule has 2 heterocycles. The molecule has 29 heavy (non-hydrogen) atoms. The Morgan fingerprint density at radius 3 is 2.83 bits per heavy atom. The van der Waals surface area contributed by atoms with Crippen molar-refractivity contribution in [2.24, 2.45) is 0 Å². The molecular formula is C17H20N4O5S3. The van der Waals surface area contributed by atoms with E-state index in [1.807, 2.05) is 0 Å². The zero-order valence-electron chi connectivity index (χ0n) is 15.9. The molecule has 0 bridgehead atoms. The van der Waals surface area contributed by atoms with Crippen molar-refractivity contribution in [3.63, 3.8) is 0 Å². The molecule has 0 fully saturated rings. The van der Waals surface area contributed by atoms with E-state index in [-0.39, 0.29) is 23.9 Å². The second-order valence-corrected chi connectivity index (χ2v) is 10.4. The highest BCUT2D eigenvalue weighted by Gasteiger charge is 2.28. The van der Waals surface area contributed by atoms with Gasteiger partial charge in [-0.3, -0.25) is 14.4 Å². The number of nitrogens with zero attached hydrogens (tertiary/aromatic N) is 3. The lowest BCUT2D eigenvalue weighted by molar-refractivity contribution is 0.102. The van der Waals surface area contributed by atoms with Crippen molar-refractivity contribution >= 4 is 55.8 Å². The first-order valence-electron chi connectivity index (χ1n) is 8.90. The number of hydrogen-bond acceptors (Lipinski definition) is 9. The standard InChI is InChI=1S/C17H20N4O5S3/c1-3-26-16(23)18-15-19-20-17(28-15)27-10-14(22)12-5-6-13-11(9-12)7-8-21(13)29(24,25)4-2/h5-6,9H,3-4,7-8,10H2,1-2H3,(H,18,19,23). The van der Waals surface area contributed by atoms with E-state index < -0.39 is 16.1 Å². The van der Waals surface area contributed by atoms with Crippen LogP contribution in [0.3, 0.4) is 0 Å². The number of hydrogen-bond donors (Lipinski definition) is 1. The van der Waals surface area contributed by atoms with Gasteiger partial charge < -0.3 is 4.74 Å². The number of aromatic nitrogens is 2. The first-order chi connectivity index (χ1) is 13.8. The molecule has 2 aromatic rings. The van der Waals surface area contributed by atoms with Crippen molar-refractivity contribution in [1.29, 1.82) is 0 Å². The largest absolute Gasteiger partial charge is 0.450 e. The number of rotatable bonds is 8. The quantitative estimate of drug-likeness (QED) is 0.366. The number of thioether (sulfide) groups is 1. The van der Waals surface area contributed by atoms with E-state index in [1.165, 1.54) is 16.1 Å². The second-order valence-electron chi connectivity index (χ2n) is 6.00. The summed E-state index contributed by atoms with van der Waals surface area (Å²) < 4.78 is 31.0. The Hall–Kier alpha value is -2.18. The van der Waals surface area contributed by atoms with Gasteiger partial charge in [-0.2, -0.15) is 0 Å². The average molecular weight is 457 g/mol. The van der Waals surface area contributed by atoms with Gasteiger partial charge in [0.25, 0.3) is 0 Å². The lowest BCUT2D eigenvalue weighted by Crippen LogP contribution is -2.30. The number of Topliss-reactive ketones (excluding diaryl/α,β-unsaturated/α-hetero) is 1. The number of amides is 1. The summed E-state index contributed by atoms with van der Waals surface area (Å²) in [5.74, 6) is 0.104. The zero-order valence-corrected chi connectivity index (χ0v) is 18.3. The highest BCUT2D eigenvalue weighted by molar-refractivity contribution is 8.01. The van der Waals surface area contributed by atoms with Gasteiger partial charge in [-0.15, -0.1) is 10.2 Å².